The Hall–Kier alpha value is -2.91. The summed E-state index contributed by atoms with van der Waals surface area (Å²) in [6.45, 7) is 12.3. The lowest BCUT2D eigenvalue weighted by Crippen LogP contribution is -2.32. The zero-order valence-corrected chi connectivity index (χ0v) is 22.0. The number of aryl methyl sites for hydroxylation is 1. The number of amides is 1. The fourth-order valence-corrected chi connectivity index (χ4v) is 4.51. The maximum atomic E-state index is 14.5. The highest BCUT2D eigenvalue weighted by molar-refractivity contribution is 6.76. The third kappa shape index (κ3) is 6.82. The third-order valence-electron chi connectivity index (χ3n) is 5.91. The Balaban J connectivity index is 1.70. The van der Waals surface area contributed by atoms with Gasteiger partial charge in [0.15, 0.2) is 0 Å². The molecule has 3 aromatic rings. The summed E-state index contributed by atoms with van der Waals surface area (Å²) in [6, 6.07) is 10.6. The average molecular weight is 501 g/mol. The zero-order chi connectivity index (χ0) is 25.6. The van der Waals surface area contributed by atoms with E-state index < -0.39 is 25.5 Å². The van der Waals surface area contributed by atoms with Crippen molar-refractivity contribution in [3.63, 3.8) is 0 Å². The number of carbonyl (C=O) groups is 1. The number of imidazole rings is 1. The molecule has 2 aromatic heterocycles. The fourth-order valence-electron chi connectivity index (χ4n) is 3.75. The van der Waals surface area contributed by atoms with Crippen LogP contribution in [0.3, 0.4) is 0 Å². The normalized spacial score (nSPS) is 13.0. The van der Waals surface area contributed by atoms with Crippen molar-refractivity contribution in [1.82, 2.24) is 14.5 Å². The number of alkyl halides is 2. The topological polar surface area (TPSA) is 69.0 Å². The number of hydrogen-bond acceptors (Lipinski definition) is 4. The number of nitrogens with zero attached hydrogens (tertiary/aromatic N) is 3. The van der Waals surface area contributed by atoms with Gasteiger partial charge in [-0.25, -0.2) is 4.98 Å². The minimum atomic E-state index is -3.68. The van der Waals surface area contributed by atoms with E-state index in [-0.39, 0.29) is 5.92 Å². The van der Waals surface area contributed by atoms with E-state index in [9.17, 15) is 13.6 Å². The summed E-state index contributed by atoms with van der Waals surface area (Å²) >= 11 is 0. The predicted molar refractivity (Wildman–Crippen MR) is 136 cm³/mol. The lowest BCUT2D eigenvalue weighted by Gasteiger charge is -2.19. The van der Waals surface area contributed by atoms with E-state index in [1.807, 2.05) is 23.0 Å². The predicted octanol–water partition coefficient (Wildman–Crippen LogP) is 6.04. The van der Waals surface area contributed by atoms with Gasteiger partial charge in [-0.2, -0.15) is 8.78 Å². The van der Waals surface area contributed by atoms with Crippen LogP contribution in [0.15, 0.2) is 55.1 Å². The molecule has 1 N–H and O–H groups in total. The molecular formula is C26H34F2N4O2Si. The summed E-state index contributed by atoms with van der Waals surface area (Å²) in [6.07, 6.45) is 4.98. The van der Waals surface area contributed by atoms with Crippen molar-refractivity contribution in [2.75, 3.05) is 11.9 Å². The number of hydrogen-bond donors (Lipinski definition) is 1. The van der Waals surface area contributed by atoms with Crippen molar-refractivity contribution >= 4 is 19.7 Å². The average Bonchev–Trinajstić information content (AvgIpc) is 3.24. The van der Waals surface area contributed by atoms with Gasteiger partial charge in [-0.05, 0) is 42.3 Å². The first kappa shape index (κ1) is 26.7. The van der Waals surface area contributed by atoms with Gasteiger partial charge < -0.3 is 14.6 Å². The summed E-state index contributed by atoms with van der Waals surface area (Å²) in [7, 11) is -1.16. The minimum absolute atomic E-state index is 0.00891. The molecule has 6 nitrogen and oxygen atoms in total. The number of halogens is 2. The largest absolute Gasteiger partial charge is 0.361 e. The van der Waals surface area contributed by atoms with Crippen molar-refractivity contribution in [3.8, 4) is 0 Å². The Bertz CT molecular complexity index is 1110. The fraction of sp³-hybridized carbons (Fsp3) is 0.423. The van der Waals surface area contributed by atoms with Crippen LogP contribution < -0.4 is 5.32 Å². The molecule has 3 rings (SSSR count). The molecule has 0 spiro atoms. The molecule has 188 valence electrons. The molecule has 1 amide bonds. The van der Waals surface area contributed by atoms with Gasteiger partial charge >= 0.3 is 5.92 Å². The lowest BCUT2D eigenvalue weighted by atomic mass is 9.95. The van der Waals surface area contributed by atoms with Crippen LogP contribution in [0.2, 0.25) is 25.7 Å². The van der Waals surface area contributed by atoms with Gasteiger partial charge in [-0.15, -0.1) is 0 Å². The molecule has 0 bridgehead atoms. The number of carbonyl (C=O) groups excluding carboxylic acids is 1. The number of rotatable bonds is 11. The van der Waals surface area contributed by atoms with Gasteiger partial charge in [0.2, 0.25) is 0 Å². The van der Waals surface area contributed by atoms with E-state index in [1.165, 1.54) is 18.3 Å². The molecule has 0 aliphatic carbocycles. The summed E-state index contributed by atoms with van der Waals surface area (Å²) < 4.78 is 36.9. The second-order valence-electron chi connectivity index (χ2n) is 9.86. The van der Waals surface area contributed by atoms with Crippen LogP contribution in [0, 0.1) is 0 Å². The molecule has 1 aromatic carbocycles. The van der Waals surface area contributed by atoms with Crippen LogP contribution in [-0.4, -0.2) is 35.1 Å². The number of benzene rings is 1. The monoisotopic (exact) mass is 500 g/mol. The van der Waals surface area contributed by atoms with Gasteiger partial charge in [0.05, 0.1) is 12.0 Å². The van der Waals surface area contributed by atoms with Gasteiger partial charge in [-0.1, -0.05) is 45.6 Å². The molecule has 35 heavy (non-hydrogen) atoms. The molecule has 0 radical (unpaired) electrons. The Morgan fingerprint density at radius 1 is 1.20 bits per heavy atom. The quantitative estimate of drug-likeness (QED) is 0.258. The molecule has 0 unspecified atom stereocenters. The number of nitrogens with one attached hydrogen (secondary N) is 1. The second-order valence-corrected chi connectivity index (χ2v) is 15.5. The molecule has 9 heteroatoms. The summed E-state index contributed by atoms with van der Waals surface area (Å²) in [5, 5.41) is 2.31. The SMILES string of the molecule is CCc1ncn(COCC[Si](C)(C)C)c1[C@@H](C)c1ccc(NC(=O)C(F)(F)c2cccnc2)cc1. The van der Waals surface area contributed by atoms with Gasteiger partial charge in [-0.3, -0.25) is 9.78 Å². The molecule has 0 aliphatic heterocycles. The van der Waals surface area contributed by atoms with Crippen LogP contribution in [0.25, 0.3) is 0 Å². The minimum Gasteiger partial charge on any atom is -0.361 e. The van der Waals surface area contributed by atoms with E-state index in [4.69, 9.17) is 4.74 Å². The standard InChI is InChI=1S/C26H34F2N4O2Si/c1-6-23-24(32(17-30-23)18-34-14-15-35(3,4)5)19(2)20-9-11-22(12-10-20)31-25(33)26(27,28)21-8-7-13-29-16-21/h7-13,16-17,19H,6,14-15,18H2,1-5H3,(H,31,33)/t19-/m0/s1. The number of aromatic nitrogens is 3. The first-order valence-electron chi connectivity index (χ1n) is 11.8. The van der Waals surface area contributed by atoms with E-state index in [0.717, 1.165) is 42.2 Å². The Labute approximate surface area is 206 Å². The van der Waals surface area contributed by atoms with Crippen molar-refractivity contribution in [2.45, 2.75) is 64.5 Å². The highest BCUT2D eigenvalue weighted by Crippen LogP contribution is 2.31. The van der Waals surface area contributed by atoms with E-state index >= 15 is 0 Å². The maximum Gasteiger partial charge on any atom is 0.351 e. The van der Waals surface area contributed by atoms with Crippen LogP contribution in [0.5, 0.6) is 0 Å². The zero-order valence-electron chi connectivity index (χ0n) is 21.0. The Morgan fingerprint density at radius 2 is 1.91 bits per heavy atom. The molecule has 2 heterocycles. The molecule has 1 atom stereocenters. The number of ether oxygens (including phenoxy) is 1. The van der Waals surface area contributed by atoms with Crippen LogP contribution in [-0.2, 0) is 28.6 Å². The van der Waals surface area contributed by atoms with E-state index in [1.54, 1.807) is 12.1 Å². The van der Waals surface area contributed by atoms with Gasteiger partial charge in [0, 0.05) is 49.9 Å². The molecule has 0 saturated heterocycles. The van der Waals surface area contributed by atoms with E-state index in [0.29, 0.717) is 12.4 Å². The Morgan fingerprint density at radius 3 is 2.51 bits per heavy atom. The molecule has 0 fully saturated rings. The van der Waals surface area contributed by atoms with Gasteiger partial charge in [0.25, 0.3) is 5.91 Å². The first-order valence-corrected chi connectivity index (χ1v) is 15.5. The third-order valence-corrected chi connectivity index (χ3v) is 7.61. The van der Waals surface area contributed by atoms with E-state index in [2.05, 4.69) is 48.8 Å². The van der Waals surface area contributed by atoms with Crippen LogP contribution >= 0.6 is 0 Å². The lowest BCUT2D eigenvalue weighted by molar-refractivity contribution is -0.141. The van der Waals surface area contributed by atoms with Gasteiger partial charge in [0.1, 0.15) is 6.73 Å². The maximum absolute atomic E-state index is 14.5. The summed E-state index contributed by atoms with van der Waals surface area (Å²) in [5.41, 5.74) is 2.91. The van der Waals surface area contributed by atoms with Crippen molar-refractivity contribution < 1.29 is 18.3 Å². The highest BCUT2D eigenvalue weighted by atomic mass is 28.3. The number of anilines is 1. The molecule has 0 aliphatic rings. The summed E-state index contributed by atoms with van der Waals surface area (Å²) in [5.74, 6) is -5.07. The molecular weight excluding hydrogens is 466 g/mol. The van der Waals surface area contributed by atoms with Crippen LogP contribution in [0.4, 0.5) is 14.5 Å². The van der Waals surface area contributed by atoms with Crippen molar-refractivity contribution in [1.29, 1.82) is 0 Å². The smallest absolute Gasteiger partial charge is 0.351 e. The van der Waals surface area contributed by atoms with Crippen molar-refractivity contribution in [3.05, 3.63) is 77.6 Å². The highest BCUT2D eigenvalue weighted by Gasteiger charge is 2.41. The number of pyridine rings is 1. The van der Waals surface area contributed by atoms with Crippen molar-refractivity contribution in [2.24, 2.45) is 0 Å². The Kier molecular flexibility index (Phi) is 8.55. The molecule has 0 saturated carbocycles. The second kappa shape index (κ2) is 11.2. The van der Waals surface area contributed by atoms with Crippen LogP contribution in [0.1, 0.15) is 42.3 Å². The first-order chi connectivity index (χ1) is 16.5. The summed E-state index contributed by atoms with van der Waals surface area (Å²) in [4.78, 5) is 20.5.